The number of aromatic nitrogens is 2. The number of carbonyl (C=O) groups is 1. The van der Waals surface area contributed by atoms with Crippen LogP contribution >= 0.6 is 11.3 Å². The predicted molar refractivity (Wildman–Crippen MR) is 80.1 cm³/mol. The summed E-state index contributed by atoms with van der Waals surface area (Å²) in [5.74, 6) is 0.815. The molecule has 2 aromatic rings. The highest BCUT2D eigenvalue weighted by atomic mass is 32.1. The highest BCUT2D eigenvalue weighted by Gasteiger charge is 2.22. The number of imidazole rings is 1. The van der Waals surface area contributed by atoms with E-state index in [1.54, 1.807) is 23.9 Å². The van der Waals surface area contributed by atoms with Crippen molar-refractivity contribution >= 4 is 17.2 Å². The van der Waals surface area contributed by atoms with Gasteiger partial charge in [-0.2, -0.15) is 0 Å². The second-order valence-electron chi connectivity index (χ2n) is 5.46. The van der Waals surface area contributed by atoms with Crippen LogP contribution in [0, 0.1) is 5.92 Å². The van der Waals surface area contributed by atoms with Gasteiger partial charge in [0.25, 0.3) is 5.91 Å². The van der Waals surface area contributed by atoms with Crippen LogP contribution in [0.25, 0.3) is 0 Å². The Morgan fingerprint density at radius 3 is 3.30 bits per heavy atom. The zero-order valence-corrected chi connectivity index (χ0v) is 12.4. The van der Waals surface area contributed by atoms with E-state index in [9.17, 15) is 4.79 Å². The molecule has 0 saturated carbocycles. The van der Waals surface area contributed by atoms with Crippen molar-refractivity contribution in [1.29, 1.82) is 0 Å². The average molecular weight is 289 g/mol. The number of rotatable bonds is 4. The van der Waals surface area contributed by atoms with Crippen molar-refractivity contribution < 1.29 is 4.79 Å². The first kappa shape index (κ1) is 13.4. The molecule has 0 saturated heterocycles. The molecule has 2 heterocycles. The molecule has 1 N–H and O–H groups in total. The Morgan fingerprint density at radius 2 is 2.50 bits per heavy atom. The minimum Gasteiger partial charge on any atom is -0.350 e. The molecule has 5 heteroatoms. The lowest BCUT2D eigenvalue weighted by atomic mass is 9.88. The third-order valence-corrected chi connectivity index (χ3v) is 4.91. The van der Waals surface area contributed by atoms with Gasteiger partial charge in [-0.25, -0.2) is 4.98 Å². The van der Waals surface area contributed by atoms with E-state index in [0.717, 1.165) is 30.9 Å². The van der Waals surface area contributed by atoms with E-state index in [1.165, 1.54) is 16.9 Å². The van der Waals surface area contributed by atoms with E-state index in [2.05, 4.69) is 17.2 Å². The Balaban J connectivity index is 1.60. The van der Waals surface area contributed by atoms with Gasteiger partial charge in [-0.3, -0.25) is 4.79 Å². The largest absolute Gasteiger partial charge is 0.350 e. The summed E-state index contributed by atoms with van der Waals surface area (Å²) in [4.78, 5) is 17.7. The van der Waals surface area contributed by atoms with Crippen LogP contribution in [0.4, 0.5) is 0 Å². The fraction of sp³-hybridized carbons (Fsp3) is 0.467. The normalized spacial score (nSPS) is 17.8. The van der Waals surface area contributed by atoms with E-state index < -0.39 is 0 Å². The number of carbonyl (C=O) groups excluding carboxylic acids is 1. The standard InChI is InChI=1S/C15H19N3OS/c1-11-2-3-12-13(9-20-14(12)8-11)15(19)17-5-7-18-6-4-16-10-18/h4,6,9-11H,2-3,5,7-8H2,1H3,(H,17,19). The average Bonchev–Trinajstić information content (AvgIpc) is 3.07. The number of nitrogens with zero attached hydrogens (tertiary/aromatic N) is 2. The van der Waals surface area contributed by atoms with Crippen molar-refractivity contribution in [3.63, 3.8) is 0 Å². The minimum atomic E-state index is 0.0668. The van der Waals surface area contributed by atoms with Gasteiger partial charge >= 0.3 is 0 Å². The molecule has 1 aliphatic carbocycles. The number of amides is 1. The number of hydrogen-bond donors (Lipinski definition) is 1. The van der Waals surface area contributed by atoms with Crippen LogP contribution in [-0.4, -0.2) is 22.0 Å². The molecule has 1 unspecified atom stereocenters. The zero-order chi connectivity index (χ0) is 13.9. The summed E-state index contributed by atoms with van der Waals surface area (Å²) in [6.45, 7) is 3.68. The molecule has 0 aliphatic heterocycles. The maximum atomic E-state index is 12.3. The Morgan fingerprint density at radius 1 is 1.60 bits per heavy atom. The van der Waals surface area contributed by atoms with E-state index in [0.29, 0.717) is 6.54 Å². The molecule has 0 radical (unpaired) electrons. The van der Waals surface area contributed by atoms with Crippen molar-refractivity contribution in [1.82, 2.24) is 14.9 Å². The first-order chi connectivity index (χ1) is 9.74. The number of hydrogen-bond acceptors (Lipinski definition) is 3. The van der Waals surface area contributed by atoms with Gasteiger partial charge in [0.15, 0.2) is 0 Å². The molecule has 1 aliphatic rings. The predicted octanol–water partition coefficient (Wildman–Crippen LogP) is 2.50. The van der Waals surface area contributed by atoms with E-state index >= 15 is 0 Å². The van der Waals surface area contributed by atoms with Crippen molar-refractivity contribution in [2.24, 2.45) is 5.92 Å². The summed E-state index contributed by atoms with van der Waals surface area (Å²) in [5.41, 5.74) is 2.18. The molecule has 1 amide bonds. The molecule has 0 aromatic carbocycles. The Kier molecular flexibility index (Phi) is 3.87. The van der Waals surface area contributed by atoms with Gasteiger partial charge < -0.3 is 9.88 Å². The van der Waals surface area contributed by atoms with Crippen LogP contribution in [0.2, 0.25) is 0 Å². The minimum absolute atomic E-state index is 0.0668. The maximum absolute atomic E-state index is 12.3. The second kappa shape index (κ2) is 5.79. The van der Waals surface area contributed by atoms with Crippen LogP contribution in [0.15, 0.2) is 24.1 Å². The summed E-state index contributed by atoms with van der Waals surface area (Å²) in [6.07, 6.45) is 8.78. The van der Waals surface area contributed by atoms with Crippen LogP contribution in [0.5, 0.6) is 0 Å². The number of thiophene rings is 1. The van der Waals surface area contributed by atoms with Crippen LogP contribution < -0.4 is 5.32 Å². The van der Waals surface area contributed by atoms with Crippen molar-refractivity contribution in [3.8, 4) is 0 Å². The van der Waals surface area contributed by atoms with Crippen LogP contribution in [0.1, 0.15) is 34.1 Å². The fourth-order valence-corrected chi connectivity index (χ4v) is 3.92. The lowest BCUT2D eigenvalue weighted by molar-refractivity contribution is 0.0951. The fourth-order valence-electron chi connectivity index (χ4n) is 2.68. The molecule has 106 valence electrons. The quantitative estimate of drug-likeness (QED) is 0.940. The molecule has 0 fully saturated rings. The number of fused-ring (bicyclic) bond motifs is 1. The topological polar surface area (TPSA) is 46.9 Å². The van der Waals surface area contributed by atoms with Crippen LogP contribution in [0.3, 0.4) is 0 Å². The summed E-state index contributed by atoms with van der Waals surface area (Å²) < 4.78 is 1.96. The zero-order valence-electron chi connectivity index (χ0n) is 11.6. The molecule has 20 heavy (non-hydrogen) atoms. The molecule has 2 aromatic heterocycles. The van der Waals surface area contributed by atoms with Gasteiger partial charge in [0.05, 0.1) is 11.9 Å². The van der Waals surface area contributed by atoms with E-state index in [-0.39, 0.29) is 5.91 Å². The van der Waals surface area contributed by atoms with Crippen molar-refractivity contribution in [2.45, 2.75) is 32.7 Å². The third-order valence-electron chi connectivity index (χ3n) is 3.86. The highest BCUT2D eigenvalue weighted by molar-refractivity contribution is 7.10. The smallest absolute Gasteiger partial charge is 0.252 e. The molecular formula is C15H19N3OS. The summed E-state index contributed by atoms with van der Waals surface area (Å²) in [6, 6.07) is 0. The first-order valence-corrected chi connectivity index (χ1v) is 7.95. The first-order valence-electron chi connectivity index (χ1n) is 7.07. The lowest BCUT2D eigenvalue weighted by Crippen LogP contribution is -2.28. The summed E-state index contributed by atoms with van der Waals surface area (Å²) >= 11 is 1.74. The summed E-state index contributed by atoms with van der Waals surface area (Å²) in [5, 5.41) is 5.03. The molecule has 1 atom stereocenters. The summed E-state index contributed by atoms with van der Waals surface area (Å²) in [7, 11) is 0. The molecule has 0 spiro atoms. The van der Waals surface area contributed by atoms with Gasteiger partial charge in [-0.05, 0) is 30.7 Å². The van der Waals surface area contributed by atoms with Gasteiger partial charge in [0.2, 0.25) is 0 Å². The Labute approximate surface area is 122 Å². The SMILES string of the molecule is CC1CCc2c(C(=O)NCCn3ccnc3)csc2C1. The number of nitrogens with one attached hydrogen (secondary N) is 1. The Hall–Kier alpha value is -1.62. The second-order valence-corrected chi connectivity index (χ2v) is 6.42. The monoisotopic (exact) mass is 289 g/mol. The maximum Gasteiger partial charge on any atom is 0.252 e. The Bertz CT molecular complexity index is 588. The van der Waals surface area contributed by atoms with Gasteiger partial charge in [-0.1, -0.05) is 6.92 Å². The van der Waals surface area contributed by atoms with Crippen molar-refractivity contribution in [3.05, 3.63) is 40.1 Å². The molecule has 0 bridgehead atoms. The van der Waals surface area contributed by atoms with Gasteiger partial charge in [-0.15, -0.1) is 11.3 Å². The van der Waals surface area contributed by atoms with Crippen molar-refractivity contribution in [2.75, 3.05) is 6.54 Å². The van der Waals surface area contributed by atoms with Crippen LogP contribution in [-0.2, 0) is 19.4 Å². The van der Waals surface area contributed by atoms with E-state index in [4.69, 9.17) is 0 Å². The lowest BCUT2D eigenvalue weighted by Gasteiger charge is -2.18. The van der Waals surface area contributed by atoms with Gasteiger partial charge in [0, 0.05) is 35.7 Å². The molecule has 3 rings (SSSR count). The third kappa shape index (κ3) is 2.77. The van der Waals surface area contributed by atoms with E-state index in [1.807, 2.05) is 16.1 Å². The van der Waals surface area contributed by atoms with Gasteiger partial charge in [0.1, 0.15) is 0 Å². The molecular weight excluding hydrogens is 270 g/mol. The highest BCUT2D eigenvalue weighted by Crippen LogP contribution is 2.32. The molecule has 4 nitrogen and oxygen atoms in total.